The number of halogens is 1. The lowest BCUT2D eigenvalue weighted by Gasteiger charge is -2.26. The summed E-state index contributed by atoms with van der Waals surface area (Å²) in [6.07, 6.45) is 2.49. The first-order valence-electron chi connectivity index (χ1n) is 5.61. The standard InChI is InChI=1S/C10H22N2O2S.ClH/c1-3-15(13,14)7-6-12(2)10(8-11)9-4-5-9;/h9-10H,3-8,11H2,1-2H3;1H. The summed E-state index contributed by atoms with van der Waals surface area (Å²) in [5.74, 6) is 1.19. The van der Waals surface area contributed by atoms with Crippen LogP contribution < -0.4 is 5.73 Å². The van der Waals surface area contributed by atoms with Gasteiger partial charge in [-0.05, 0) is 25.8 Å². The lowest BCUT2D eigenvalue weighted by atomic mass is 10.1. The van der Waals surface area contributed by atoms with Crippen molar-refractivity contribution >= 4 is 22.2 Å². The summed E-state index contributed by atoms with van der Waals surface area (Å²) in [5, 5.41) is 0. The van der Waals surface area contributed by atoms with Crippen molar-refractivity contribution in [1.29, 1.82) is 0 Å². The largest absolute Gasteiger partial charge is 0.329 e. The van der Waals surface area contributed by atoms with Crippen LogP contribution in [0, 0.1) is 5.92 Å². The van der Waals surface area contributed by atoms with Crippen LogP contribution in [0.1, 0.15) is 19.8 Å². The number of sulfone groups is 1. The van der Waals surface area contributed by atoms with Gasteiger partial charge in [-0.25, -0.2) is 8.42 Å². The van der Waals surface area contributed by atoms with Gasteiger partial charge in [-0.1, -0.05) is 6.92 Å². The van der Waals surface area contributed by atoms with E-state index in [1.807, 2.05) is 7.05 Å². The Morgan fingerprint density at radius 3 is 2.38 bits per heavy atom. The fraction of sp³-hybridized carbons (Fsp3) is 1.00. The van der Waals surface area contributed by atoms with Crippen molar-refractivity contribution in [3.8, 4) is 0 Å². The minimum absolute atomic E-state index is 0. The maximum Gasteiger partial charge on any atom is 0.151 e. The van der Waals surface area contributed by atoms with E-state index >= 15 is 0 Å². The molecule has 16 heavy (non-hydrogen) atoms. The maximum absolute atomic E-state index is 11.3. The molecule has 0 aromatic carbocycles. The normalized spacial score (nSPS) is 18.2. The Morgan fingerprint density at radius 1 is 1.44 bits per heavy atom. The van der Waals surface area contributed by atoms with Gasteiger partial charge in [0.1, 0.15) is 0 Å². The predicted octanol–water partition coefficient (Wildman–Crippen LogP) is 0.512. The molecule has 0 aromatic heterocycles. The Kier molecular flexibility index (Phi) is 6.86. The molecule has 1 atom stereocenters. The fourth-order valence-electron chi connectivity index (χ4n) is 1.81. The molecule has 1 aliphatic carbocycles. The predicted molar refractivity (Wildman–Crippen MR) is 69.8 cm³/mol. The van der Waals surface area contributed by atoms with Gasteiger partial charge in [0, 0.05) is 24.9 Å². The summed E-state index contributed by atoms with van der Waals surface area (Å²) >= 11 is 0. The van der Waals surface area contributed by atoms with E-state index in [2.05, 4.69) is 4.90 Å². The lowest BCUT2D eigenvalue weighted by Crippen LogP contribution is -2.41. The highest BCUT2D eigenvalue weighted by Gasteiger charge is 2.32. The Hall–Kier alpha value is 0.160. The van der Waals surface area contributed by atoms with Crippen LogP contribution in [0.4, 0.5) is 0 Å². The fourth-order valence-corrected chi connectivity index (χ4v) is 2.66. The van der Waals surface area contributed by atoms with Crippen molar-refractivity contribution < 1.29 is 8.42 Å². The first kappa shape index (κ1) is 16.2. The van der Waals surface area contributed by atoms with E-state index in [9.17, 15) is 8.42 Å². The molecule has 0 saturated heterocycles. The van der Waals surface area contributed by atoms with Crippen LogP contribution in [-0.2, 0) is 9.84 Å². The average molecular weight is 271 g/mol. The maximum atomic E-state index is 11.3. The van der Waals surface area contributed by atoms with Crippen LogP contribution in [-0.4, -0.2) is 51.0 Å². The molecule has 1 aliphatic rings. The monoisotopic (exact) mass is 270 g/mol. The van der Waals surface area contributed by atoms with Gasteiger partial charge in [-0.3, -0.25) is 0 Å². The second kappa shape index (κ2) is 6.79. The average Bonchev–Trinajstić information content (AvgIpc) is 3.00. The van der Waals surface area contributed by atoms with Gasteiger partial charge >= 0.3 is 0 Å². The second-order valence-corrected chi connectivity index (χ2v) is 6.83. The molecule has 2 N–H and O–H groups in total. The quantitative estimate of drug-likeness (QED) is 0.732. The zero-order chi connectivity index (χ0) is 11.5. The molecule has 0 heterocycles. The van der Waals surface area contributed by atoms with Gasteiger partial charge < -0.3 is 10.6 Å². The molecule has 1 unspecified atom stereocenters. The number of rotatable bonds is 7. The first-order chi connectivity index (χ1) is 7.00. The Labute approximate surface area is 105 Å². The SMILES string of the molecule is CCS(=O)(=O)CCN(C)C(CN)C1CC1.Cl. The third-order valence-electron chi connectivity index (χ3n) is 3.17. The number of nitrogens with zero attached hydrogens (tertiary/aromatic N) is 1. The zero-order valence-corrected chi connectivity index (χ0v) is 11.7. The molecule has 1 saturated carbocycles. The van der Waals surface area contributed by atoms with E-state index in [4.69, 9.17) is 5.73 Å². The van der Waals surface area contributed by atoms with Crippen LogP contribution in [0.25, 0.3) is 0 Å². The van der Waals surface area contributed by atoms with Crippen molar-refractivity contribution in [2.24, 2.45) is 11.7 Å². The van der Waals surface area contributed by atoms with E-state index in [1.54, 1.807) is 6.92 Å². The van der Waals surface area contributed by atoms with Gasteiger partial charge in [0.15, 0.2) is 9.84 Å². The molecule has 0 aliphatic heterocycles. The van der Waals surface area contributed by atoms with E-state index < -0.39 is 9.84 Å². The molecule has 4 nitrogen and oxygen atoms in total. The van der Waals surface area contributed by atoms with Crippen molar-refractivity contribution in [3.63, 3.8) is 0 Å². The Balaban J connectivity index is 0.00000225. The summed E-state index contributed by atoms with van der Waals surface area (Å²) in [7, 11) is -0.871. The molecule has 0 spiro atoms. The Bertz CT molecular complexity index is 291. The van der Waals surface area contributed by atoms with E-state index in [1.165, 1.54) is 12.8 Å². The van der Waals surface area contributed by atoms with E-state index in [0.29, 0.717) is 25.0 Å². The van der Waals surface area contributed by atoms with Crippen molar-refractivity contribution in [3.05, 3.63) is 0 Å². The molecule has 0 amide bonds. The highest BCUT2D eigenvalue weighted by Crippen LogP contribution is 2.34. The molecule has 0 aromatic rings. The van der Waals surface area contributed by atoms with Gasteiger partial charge in [0.2, 0.25) is 0 Å². The summed E-state index contributed by atoms with van der Waals surface area (Å²) < 4.78 is 22.7. The number of likely N-dealkylation sites (N-methyl/N-ethyl adjacent to an activating group) is 1. The van der Waals surface area contributed by atoms with Crippen LogP contribution in [0.3, 0.4) is 0 Å². The second-order valence-electron chi connectivity index (χ2n) is 4.36. The van der Waals surface area contributed by atoms with Gasteiger partial charge in [0.05, 0.1) is 5.75 Å². The van der Waals surface area contributed by atoms with Crippen LogP contribution in [0.15, 0.2) is 0 Å². The number of hydrogen-bond donors (Lipinski definition) is 1. The van der Waals surface area contributed by atoms with Crippen molar-refractivity contribution in [1.82, 2.24) is 4.90 Å². The third-order valence-corrected chi connectivity index (χ3v) is 4.85. The van der Waals surface area contributed by atoms with Gasteiger partial charge in [0.25, 0.3) is 0 Å². The minimum Gasteiger partial charge on any atom is -0.329 e. The minimum atomic E-state index is -2.84. The van der Waals surface area contributed by atoms with Gasteiger partial charge in [-0.15, -0.1) is 12.4 Å². The van der Waals surface area contributed by atoms with E-state index in [0.717, 1.165) is 0 Å². The summed E-state index contributed by atoms with van der Waals surface area (Å²) in [6.45, 7) is 2.93. The highest BCUT2D eigenvalue weighted by atomic mass is 35.5. The summed E-state index contributed by atoms with van der Waals surface area (Å²) in [4.78, 5) is 2.10. The molecule has 0 bridgehead atoms. The van der Waals surface area contributed by atoms with Gasteiger partial charge in [-0.2, -0.15) is 0 Å². The third kappa shape index (κ3) is 4.99. The number of hydrogen-bond acceptors (Lipinski definition) is 4. The molecule has 0 radical (unpaired) electrons. The molecular weight excluding hydrogens is 248 g/mol. The molecule has 1 rings (SSSR count). The van der Waals surface area contributed by atoms with Crippen molar-refractivity contribution in [2.45, 2.75) is 25.8 Å². The molecule has 98 valence electrons. The summed E-state index contributed by atoms with van der Waals surface area (Å²) in [5.41, 5.74) is 5.70. The molecule has 1 fully saturated rings. The molecular formula is C10H23ClN2O2S. The number of nitrogens with two attached hydrogens (primary N) is 1. The highest BCUT2D eigenvalue weighted by molar-refractivity contribution is 7.91. The first-order valence-corrected chi connectivity index (χ1v) is 7.43. The smallest absolute Gasteiger partial charge is 0.151 e. The zero-order valence-electron chi connectivity index (χ0n) is 10.1. The summed E-state index contributed by atoms with van der Waals surface area (Å²) in [6, 6.07) is 0.372. The topological polar surface area (TPSA) is 63.4 Å². The molecule has 6 heteroatoms. The van der Waals surface area contributed by atoms with E-state index in [-0.39, 0.29) is 23.9 Å². The Morgan fingerprint density at radius 2 is 2.00 bits per heavy atom. The lowest BCUT2D eigenvalue weighted by molar-refractivity contribution is 0.235. The van der Waals surface area contributed by atoms with Crippen LogP contribution in [0.2, 0.25) is 0 Å². The van der Waals surface area contributed by atoms with Crippen molar-refractivity contribution in [2.75, 3.05) is 31.6 Å². The van der Waals surface area contributed by atoms with Crippen LogP contribution >= 0.6 is 12.4 Å². The van der Waals surface area contributed by atoms with Crippen LogP contribution in [0.5, 0.6) is 0 Å².